The zero-order valence-corrected chi connectivity index (χ0v) is 11.9. The van der Waals surface area contributed by atoms with Gasteiger partial charge in [0.25, 0.3) is 0 Å². The Labute approximate surface area is 115 Å². The second kappa shape index (κ2) is 6.48. The summed E-state index contributed by atoms with van der Waals surface area (Å²) in [4.78, 5) is 4.70. The molecule has 3 N–H and O–H groups in total. The largest absolute Gasteiger partial charge is 0.387 e. The van der Waals surface area contributed by atoms with Crippen LogP contribution in [0.1, 0.15) is 24.2 Å². The summed E-state index contributed by atoms with van der Waals surface area (Å²) < 4.78 is 0. The van der Waals surface area contributed by atoms with E-state index in [0.717, 1.165) is 30.8 Å². The summed E-state index contributed by atoms with van der Waals surface area (Å²) in [6, 6.07) is 8.44. The van der Waals surface area contributed by atoms with Crippen molar-refractivity contribution in [2.75, 3.05) is 33.2 Å². The quantitative estimate of drug-likeness (QED) is 0.844. The molecule has 0 aliphatic carbocycles. The number of likely N-dealkylation sites (N-methyl/N-ethyl adjacent to an activating group) is 1. The summed E-state index contributed by atoms with van der Waals surface area (Å²) in [5.41, 5.74) is 7.66. The van der Waals surface area contributed by atoms with Gasteiger partial charge < -0.3 is 15.7 Å². The molecule has 0 amide bonds. The van der Waals surface area contributed by atoms with Gasteiger partial charge in [-0.15, -0.1) is 0 Å². The summed E-state index contributed by atoms with van der Waals surface area (Å²) >= 11 is 0. The molecule has 1 aromatic rings. The van der Waals surface area contributed by atoms with Crippen molar-refractivity contribution in [1.29, 1.82) is 0 Å². The van der Waals surface area contributed by atoms with Crippen molar-refractivity contribution in [2.24, 2.45) is 5.73 Å². The molecule has 0 radical (unpaired) electrons. The van der Waals surface area contributed by atoms with Crippen LogP contribution in [0.25, 0.3) is 0 Å². The maximum atomic E-state index is 10.3. The third-order valence-electron chi connectivity index (χ3n) is 3.98. The lowest BCUT2D eigenvalue weighted by Crippen LogP contribution is -2.51. The van der Waals surface area contributed by atoms with Gasteiger partial charge in [0.2, 0.25) is 0 Å². The standard InChI is InChI=1S/C15H25N3O/c1-12-10-17(2)7-8-18(12)11-15(19)14-5-3-13(9-16)4-6-14/h3-6,12,15,19H,7-11,16H2,1-2H3. The van der Waals surface area contributed by atoms with Crippen molar-refractivity contribution in [3.8, 4) is 0 Å². The molecule has 0 aromatic heterocycles. The lowest BCUT2D eigenvalue weighted by Gasteiger charge is -2.39. The lowest BCUT2D eigenvalue weighted by atomic mass is 10.1. The Hall–Kier alpha value is -0.940. The molecule has 4 nitrogen and oxygen atoms in total. The second-order valence-corrected chi connectivity index (χ2v) is 5.57. The van der Waals surface area contributed by atoms with E-state index in [4.69, 9.17) is 5.73 Å². The first-order chi connectivity index (χ1) is 9.10. The third kappa shape index (κ3) is 3.76. The zero-order valence-electron chi connectivity index (χ0n) is 11.9. The first kappa shape index (κ1) is 14.5. The van der Waals surface area contributed by atoms with Crippen molar-refractivity contribution in [3.63, 3.8) is 0 Å². The fourth-order valence-corrected chi connectivity index (χ4v) is 2.65. The summed E-state index contributed by atoms with van der Waals surface area (Å²) in [6.07, 6.45) is -0.419. The molecule has 1 aliphatic heterocycles. The van der Waals surface area contributed by atoms with E-state index < -0.39 is 6.10 Å². The first-order valence-corrected chi connectivity index (χ1v) is 6.99. The SMILES string of the molecule is CC1CN(C)CCN1CC(O)c1ccc(CN)cc1. The van der Waals surface area contributed by atoms with E-state index in [-0.39, 0.29) is 0 Å². The third-order valence-corrected chi connectivity index (χ3v) is 3.98. The van der Waals surface area contributed by atoms with Crippen molar-refractivity contribution in [3.05, 3.63) is 35.4 Å². The Balaban J connectivity index is 1.94. The molecule has 1 fully saturated rings. The number of nitrogens with zero attached hydrogens (tertiary/aromatic N) is 2. The fourth-order valence-electron chi connectivity index (χ4n) is 2.65. The van der Waals surface area contributed by atoms with Crippen molar-refractivity contribution in [1.82, 2.24) is 9.80 Å². The molecule has 2 unspecified atom stereocenters. The van der Waals surface area contributed by atoms with E-state index in [2.05, 4.69) is 23.8 Å². The van der Waals surface area contributed by atoms with Crippen molar-refractivity contribution >= 4 is 0 Å². The summed E-state index contributed by atoms with van der Waals surface area (Å²) in [5, 5.41) is 10.3. The van der Waals surface area contributed by atoms with Gasteiger partial charge in [0, 0.05) is 38.8 Å². The molecule has 1 saturated heterocycles. The van der Waals surface area contributed by atoms with E-state index in [9.17, 15) is 5.11 Å². The predicted molar refractivity (Wildman–Crippen MR) is 77.8 cm³/mol. The molecule has 1 heterocycles. The first-order valence-electron chi connectivity index (χ1n) is 6.99. The van der Waals surface area contributed by atoms with Crippen molar-refractivity contribution < 1.29 is 5.11 Å². The van der Waals surface area contributed by atoms with Crippen LogP contribution < -0.4 is 5.73 Å². The number of piperazine rings is 1. The van der Waals surface area contributed by atoms with Crippen LogP contribution in [0.4, 0.5) is 0 Å². The molecule has 106 valence electrons. The van der Waals surface area contributed by atoms with E-state index in [1.54, 1.807) is 0 Å². The molecule has 4 heteroatoms. The van der Waals surface area contributed by atoms with Gasteiger partial charge in [0.05, 0.1) is 6.10 Å². The highest BCUT2D eigenvalue weighted by molar-refractivity contribution is 5.24. The molecule has 0 saturated carbocycles. The minimum Gasteiger partial charge on any atom is -0.387 e. The Morgan fingerprint density at radius 2 is 2.00 bits per heavy atom. The highest BCUT2D eigenvalue weighted by Crippen LogP contribution is 2.18. The molecule has 0 bridgehead atoms. The molecule has 1 aromatic carbocycles. The average Bonchev–Trinajstić information content (AvgIpc) is 2.42. The van der Waals surface area contributed by atoms with Gasteiger partial charge in [-0.1, -0.05) is 24.3 Å². The van der Waals surface area contributed by atoms with Gasteiger partial charge in [-0.3, -0.25) is 4.90 Å². The van der Waals surface area contributed by atoms with Gasteiger partial charge in [0.1, 0.15) is 0 Å². The second-order valence-electron chi connectivity index (χ2n) is 5.57. The van der Waals surface area contributed by atoms with E-state index in [1.807, 2.05) is 24.3 Å². The lowest BCUT2D eigenvalue weighted by molar-refractivity contribution is 0.0474. The van der Waals surface area contributed by atoms with Crippen LogP contribution in [-0.2, 0) is 6.54 Å². The van der Waals surface area contributed by atoms with Crippen LogP contribution >= 0.6 is 0 Å². The van der Waals surface area contributed by atoms with Gasteiger partial charge in [-0.05, 0) is 25.1 Å². The van der Waals surface area contributed by atoms with Gasteiger partial charge in [-0.25, -0.2) is 0 Å². The fraction of sp³-hybridized carbons (Fsp3) is 0.600. The molecule has 1 aliphatic rings. The van der Waals surface area contributed by atoms with Crippen LogP contribution in [0.15, 0.2) is 24.3 Å². The maximum Gasteiger partial charge on any atom is 0.0917 e. The number of hydrogen-bond donors (Lipinski definition) is 2. The van der Waals surface area contributed by atoms with Crippen molar-refractivity contribution in [2.45, 2.75) is 25.6 Å². The smallest absolute Gasteiger partial charge is 0.0917 e. The summed E-state index contributed by atoms with van der Waals surface area (Å²) in [7, 11) is 2.15. The number of hydrogen-bond acceptors (Lipinski definition) is 4. The number of rotatable bonds is 4. The number of benzene rings is 1. The summed E-state index contributed by atoms with van der Waals surface area (Å²) in [6.45, 7) is 6.64. The van der Waals surface area contributed by atoms with Crippen LogP contribution in [0.5, 0.6) is 0 Å². The maximum absolute atomic E-state index is 10.3. The topological polar surface area (TPSA) is 52.7 Å². The molecular formula is C15H25N3O. The Bertz CT molecular complexity index is 393. The number of aliphatic hydroxyl groups excluding tert-OH is 1. The van der Waals surface area contributed by atoms with Gasteiger partial charge >= 0.3 is 0 Å². The van der Waals surface area contributed by atoms with Crippen LogP contribution in [0.3, 0.4) is 0 Å². The van der Waals surface area contributed by atoms with E-state index >= 15 is 0 Å². The minimum absolute atomic E-state index is 0.419. The van der Waals surface area contributed by atoms with Crippen LogP contribution in [0, 0.1) is 0 Å². The predicted octanol–water partition coefficient (Wildman–Crippen LogP) is 0.815. The highest BCUT2D eigenvalue weighted by Gasteiger charge is 2.23. The minimum atomic E-state index is -0.419. The molecule has 0 spiro atoms. The summed E-state index contributed by atoms with van der Waals surface area (Å²) in [5.74, 6) is 0. The van der Waals surface area contributed by atoms with E-state index in [1.165, 1.54) is 0 Å². The molecule has 19 heavy (non-hydrogen) atoms. The van der Waals surface area contributed by atoms with E-state index in [0.29, 0.717) is 19.1 Å². The number of aliphatic hydroxyl groups is 1. The average molecular weight is 263 g/mol. The number of nitrogens with two attached hydrogens (primary N) is 1. The molecule has 2 rings (SSSR count). The van der Waals surface area contributed by atoms with Gasteiger partial charge in [0.15, 0.2) is 0 Å². The Morgan fingerprint density at radius 1 is 1.32 bits per heavy atom. The van der Waals surface area contributed by atoms with Crippen LogP contribution in [0.2, 0.25) is 0 Å². The normalized spacial score (nSPS) is 23.5. The van der Waals surface area contributed by atoms with Crippen LogP contribution in [-0.4, -0.2) is 54.2 Å². The molecule has 2 atom stereocenters. The number of β-amino-alcohol motifs (C(OH)–C–C–N with tert-alkyl or cyclic N) is 1. The Morgan fingerprint density at radius 3 is 2.58 bits per heavy atom. The van der Waals surface area contributed by atoms with Gasteiger partial charge in [-0.2, -0.15) is 0 Å². The highest BCUT2D eigenvalue weighted by atomic mass is 16.3. The Kier molecular flexibility index (Phi) is 4.93. The zero-order chi connectivity index (χ0) is 13.8. The monoisotopic (exact) mass is 263 g/mol. The molecular weight excluding hydrogens is 238 g/mol.